The average molecular weight is 407 g/mol. The van der Waals surface area contributed by atoms with Crippen LogP contribution in [0.4, 0.5) is 0 Å². The van der Waals surface area contributed by atoms with Crippen LogP contribution in [-0.2, 0) is 6.54 Å². The topological polar surface area (TPSA) is 60.5 Å². The van der Waals surface area contributed by atoms with Crippen LogP contribution in [0.15, 0.2) is 54.7 Å². The van der Waals surface area contributed by atoms with Gasteiger partial charge in [0.15, 0.2) is 0 Å². The third-order valence-corrected chi connectivity index (χ3v) is 4.79. The maximum absolute atomic E-state index is 12.7. The van der Waals surface area contributed by atoms with Gasteiger partial charge >= 0.3 is 0 Å². The number of hydrogen-bond donors (Lipinski definition) is 1. The number of unbranched alkanes of at least 4 members (excludes halogenated alkanes) is 2. The first kappa shape index (κ1) is 21.6. The van der Waals surface area contributed by atoms with Crippen LogP contribution < -0.4 is 14.8 Å². The molecule has 3 rings (SSSR count). The Bertz CT molecular complexity index is 943. The van der Waals surface area contributed by atoms with Crippen LogP contribution in [-0.4, -0.2) is 24.1 Å². The van der Waals surface area contributed by atoms with E-state index in [-0.39, 0.29) is 5.91 Å². The number of carbonyl (C=O) groups is 1. The first-order valence-corrected chi connectivity index (χ1v) is 10.7. The van der Waals surface area contributed by atoms with Crippen LogP contribution in [0.25, 0.3) is 10.9 Å². The van der Waals surface area contributed by atoms with E-state index < -0.39 is 0 Å². The first-order valence-electron chi connectivity index (χ1n) is 10.7. The van der Waals surface area contributed by atoms with Crippen molar-refractivity contribution in [1.29, 1.82) is 0 Å². The van der Waals surface area contributed by atoms with Gasteiger partial charge in [0.25, 0.3) is 5.91 Å². The summed E-state index contributed by atoms with van der Waals surface area (Å²) in [5, 5.41) is 3.95. The van der Waals surface area contributed by atoms with Gasteiger partial charge in [-0.1, -0.05) is 32.8 Å². The summed E-state index contributed by atoms with van der Waals surface area (Å²) in [7, 11) is 0. The molecular weight excluding hydrogens is 376 g/mol. The maximum Gasteiger partial charge on any atom is 0.251 e. The number of pyridine rings is 1. The molecule has 5 heteroatoms. The highest BCUT2D eigenvalue weighted by Gasteiger charge is 2.09. The van der Waals surface area contributed by atoms with E-state index >= 15 is 0 Å². The van der Waals surface area contributed by atoms with Crippen molar-refractivity contribution in [3.63, 3.8) is 0 Å². The third kappa shape index (κ3) is 6.21. The van der Waals surface area contributed by atoms with Crippen LogP contribution in [0, 0.1) is 0 Å². The summed E-state index contributed by atoms with van der Waals surface area (Å²) in [6.45, 7) is 6.02. The highest BCUT2D eigenvalue weighted by atomic mass is 16.5. The Kier molecular flexibility index (Phi) is 8.07. The minimum Gasteiger partial charge on any atom is -0.493 e. The van der Waals surface area contributed by atoms with Crippen LogP contribution >= 0.6 is 0 Å². The van der Waals surface area contributed by atoms with E-state index in [1.807, 2.05) is 42.5 Å². The number of fused-ring (bicyclic) bond motifs is 1. The average Bonchev–Trinajstić information content (AvgIpc) is 2.77. The van der Waals surface area contributed by atoms with Crippen molar-refractivity contribution in [3.8, 4) is 11.5 Å². The second kappa shape index (κ2) is 11.2. The quantitative estimate of drug-likeness (QED) is 0.426. The zero-order chi connectivity index (χ0) is 21.2. The normalized spacial score (nSPS) is 10.7. The molecule has 0 saturated carbocycles. The molecular formula is C25H30N2O3. The van der Waals surface area contributed by atoms with Gasteiger partial charge in [-0.25, -0.2) is 0 Å². The first-order chi connectivity index (χ1) is 14.7. The molecule has 0 fully saturated rings. The predicted molar refractivity (Wildman–Crippen MR) is 120 cm³/mol. The lowest BCUT2D eigenvalue weighted by Gasteiger charge is -2.13. The second-order valence-corrected chi connectivity index (χ2v) is 7.31. The molecule has 0 saturated heterocycles. The number of nitrogens with one attached hydrogen (secondary N) is 1. The molecule has 30 heavy (non-hydrogen) atoms. The van der Waals surface area contributed by atoms with Gasteiger partial charge in [-0.2, -0.15) is 0 Å². The van der Waals surface area contributed by atoms with Crippen molar-refractivity contribution in [2.24, 2.45) is 0 Å². The second-order valence-electron chi connectivity index (χ2n) is 7.31. The largest absolute Gasteiger partial charge is 0.493 e. The van der Waals surface area contributed by atoms with Crippen molar-refractivity contribution in [1.82, 2.24) is 10.3 Å². The summed E-state index contributed by atoms with van der Waals surface area (Å²) in [5.74, 6) is 1.43. The molecule has 0 aliphatic rings. The fourth-order valence-electron chi connectivity index (χ4n) is 3.07. The van der Waals surface area contributed by atoms with Crippen LogP contribution in [0.1, 0.15) is 55.5 Å². The number of rotatable bonds is 11. The van der Waals surface area contributed by atoms with E-state index in [1.165, 1.54) is 0 Å². The van der Waals surface area contributed by atoms with Gasteiger partial charge < -0.3 is 14.8 Å². The van der Waals surface area contributed by atoms with Crippen LogP contribution in [0.5, 0.6) is 11.5 Å². The minimum absolute atomic E-state index is 0.119. The SMILES string of the molecule is CCCCOc1cc(CNC(=O)c2ccc3ncccc3c2)cc(OCCCC)c1. The van der Waals surface area contributed by atoms with Crippen LogP contribution in [0.2, 0.25) is 0 Å². The van der Waals surface area contributed by atoms with Gasteiger partial charge in [-0.15, -0.1) is 0 Å². The van der Waals surface area contributed by atoms with Gasteiger partial charge in [0, 0.05) is 29.8 Å². The summed E-state index contributed by atoms with van der Waals surface area (Å²) in [6.07, 6.45) is 5.92. The van der Waals surface area contributed by atoms with Gasteiger partial charge in [-0.05, 0) is 54.8 Å². The maximum atomic E-state index is 12.7. The minimum atomic E-state index is -0.119. The van der Waals surface area contributed by atoms with Crippen molar-refractivity contribution in [3.05, 3.63) is 65.9 Å². The van der Waals surface area contributed by atoms with Crippen molar-refractivity contribution < 1.29 is 14.3 Å². The molecule has 0 spiro atoms. The lowest BCUT2D eigenvalue weighted by molar-refractivity contribution is 0.0951. The van der Waals surface area contributed by atoms with E-state index in [1.54, 1.807) is 12.3 Å². The van der Waals surface area contributed by atoms with Crippen molar-refractivity contribution in [2.75, 3.05) is 13.2 Å². The number of carbonyl (C=O) groups excluding carboxylic acids is 1. The highest BCUT2D eigenvalue weighted by molar-refractivity contribution is 5.97. The molecule has 2 aromatic carbocycles. The van der Waals surface area contributed by atoms with Crippen molar-refractivity contribution in [2.45, 2.75) is 46.1 Å². The summed E-state index contributed by atoms with van der Waals surface area (Å²) in [4.78, 5) is 17.0. The molecule has 5 nitrogen and oxygen atoms in total. The summed E-state index contributed by atoms with van der Waals surface area (Å²) < 4.78 is 11.7. The fraction of sp³-hybridized carbons (Fsp3) is 0.360. The molecule has 0 aliphatic carbocycles. The van der Waals surface area contributed by atoms with E-state index in [9.17, 15) is 4.79 Å². The number of amides is 1. The highest BCUT2D eigenvalue weighted by Crippen LogP contribution is 2.24. The molecule has 0 radical (unpaired) electrons. The molecule has 0 aliphatic heterocycles. The summed E-state index contributed by atoms with van der Waals surface area (Å²) in [5.41, 5.74) is 2.44. The van der Waals surface area contributed by atoms with E-state index in [0.29, 0.717) is 25.3 Å². The number of benzene rings is 2. The Labute approximate surface area is 178 Å². The van der Waals surface area contributed by atoms with E-state index in [4.69, 9.17) is 9.47 Å². The number of ether oxygens (including phenoxy) is 2. The molecule has 1 heterocycles. The predicted octanol–water partition coefficient (Wildman–Crippen LogP) is 5.52. The molecule has 0 atom stereocenters. The van der Waals surface area contributed by atoms with Gasteiger partial charge in [0.05, 0.1) is 18.7 Å². The Hall–Kier alpha value is -3.08. The standard InChI is InChI=1S/C25H30N2O3/c1-3-5-12-29-22-14-19(15-23(17-22)30-13-6-4-2)18-27-25(28)21-9-10-24-20(16-21)8-7-11-26-24/h7-11,14-17H,3-6,12-13,18H2,1-2H3,(H,27,28). The summed E-state index contributed by atoms with van der Waals surface area (Å²) in [6, 6.07) is 15.2. The Morgan fingerprint density at radius 2 is 1.63 bits per heavy atom. The Balaban J connectivity index is 1.68. The fourth-order valence-corrected chi connectivity index (χ4v) is 3.07. The molecule has 0 unspecified atom stereocenters. The molecule has 158 valence electrons. The molecule has 1 aromatic heterocycles. The third-order valence-electron chi connectivity index (χ3n) is 4.79. The molecule has 0 bridgehead atoms. The molecule has 1 N–H and O–H groups in total. The van der Waals surface area contributed by atoms with Gasteiger partial charge in [-0.3, -0.25) is 9.78 Å². The summed E-state index contributed by atoms with van der Waals surface area (Å²) >= 11 is 0. The monoisotopic (exact) mass is 406 g/mol. The zero-order valence-electron chi connectivity index (χ0n) is 17.8. The number of nitrogens with zero attached hydrogens (tertiary/aromatic N) is 1. The van der Waals surface area contributed by atoms with E-state index in [2.05, 4.69) is 24.1 Å². The molecule has 3 aromatic rings. The van der Waals surface area contributed by atoms with Crippen molar-refractivity contribution >= 4 is 16.8 Å². The van der Waals surface area contributed by atoms with Gasteiger partial charge in [0.2, 0.25) is 0 Å². The smallest absolute Gasteiger partial charge is 0.251 e. The molecule has 1 amide bonds. The lowest BCUT2D eigenvalue weighted by Crippen LogP contribution is -2.22. The number of aromatic nitrogens is 1. The van der Waals surface area contributed by atoms with Gasteiger partial charge in [0.1, 0.15) is 11.5 Å². The lowest BCUT2D eigenvalue weighted by atomic mass is 10.1. The Morgan fingerprint density at radius 3 is 2.30 bits per heavy atom. The number of hydrogen-bond acceptors (Lipinski definition) is 4. The van der Waals surface area contributed by atoms with Crippen LogP contribution in [0.3, 0.4) is 0 Å². The van der Waals surface area contributed by atoms with E-state index in [0.717, 1.165) is 53.6 Å². The zero-order valence-corrected chi connectivity index (χ0v) is 17.8. The Morgan fingerprint density at radius 1 is 0.933 bits per heavy atom.